The van der Waals surface area contributed by atoms with Gasteiger partial charge in [-0.25, -0.2) is 14.4 Å². The molecule has 3 nitrogen and oxygen atoms in total. The minimum atomic E-state index is -0.806. The molecule has 1 unspecified atom stereocenters. The first-order valence-electron chi connectivity index (χ1n) is 4.04. The lowest BCUT2D eigenvalue weighted by atomic mass is 10.3. The van der Waals surface area contributed by atoms with Gasteiger partial charge in [0.2, 0.25) is 5.95 Å². The maximum Gasteiger partial charge on any atom is 0.222 e. The molecule has 0 amide bonds. The second-order valence-corrected chi connectivity index (χ2v) is 3.16. The highest BCUT2D eigenvalue weighted by molar-refractivity contribution is 6.30. The van der Waals surface area contributed by atoms with Gasteiger partial charge in [-0.2, -0.15) is 0 Å². The van der Waals surface area contributed by atoms with Crippen LogP contribution < -0.4 is 5.32 Å². The number of nitrogens with zero attached hydrogens (tertiary/aromatic N) is 2. The molecule has 0 saturated carbocycles. The molecule has 0 spiro atoms. The Balaban J connectivity index is 2.33. The Morgan fingerprint density at radius 1 is 1.54 bits per heavy atom. The average Bonchev–Trinajstić information content (AvgIpc) is 2.08. The van der Waals surface area contributed by atoms with Crippen LogP contribution in [0.4, 0.5) is 10.3 Å². The summed E-state index contributed by atoms with van der Waals surface area (Å²) < 4.78 is 12.4. The van der Waals surface area contributed by atoms with Crippen LogP contribution in [0.15, 0.2) is 12.4 Å². The van der Waals surface area contributed by atoms with Crippen molar-refractivity contribution >= 4 is 17.5 Å². The lowest BCUT2D eigenvalue weighted by Crippen LogP contribution is -2.08. The van der Waals surface area contributed by atoms with Gasteiger partial charge in [-0.05, 0) is 13.3 Å². The third kappa shape index (κ3) is 4.03. The van der Waals surface area contributed by atoms with Gasteiger partial charge in [0, 0.05) is 6.54 Å². The molecular formula is C8H11ClFN3. The maximum atomic E-state index is 12.4. The van der Waals surface area contributed by atoms with Crippen LogP contribution in [0, 0.1) is 0 Å². The molecule has 0 aliphatic rings. The molecule has 5 heteroatoms. The Morgan fingerprint density at radius 2 is 2.15 bits per heavy atom. The van der Waals surface area contributed by atoms with Crippen LogP contribution in [0.25, 0.3) is 0 Å². The molecule has 72 valence electrons. The van der Waals surface area contributed by atoms with Gasteiger partial charge < -0.3 is 5.32 Å². The Kier molecular flexibility index (Phi) is 3.89. The summed E-state index contributed by atoms with van der Waals surface area (Å²) in [6.45, 7) is 2.05. The molecule has 0 bridgehead atoms. The lowest BCUT2D eigenvalue weighted by molar-refractivity contribution is 0.348. The van der Waals surface area contributed by atoms with Gasteiger partial charge in [0.1, 0.15) is 0 Å². The molecule has 0 aliphatic carbocycles. The molecule has 1 N–H and O–H groups in total. The fourth-order valence-corrected chi connectivity index (χ4v) is 0.884. The van der Waals surface area contributed by atoms with Gasteiger partial charge in [-0.15, -0.1) is 0 Å². The van der Waals surface area contributed by atoms with Gasteiger partial charge in [0.25, 0.3) is 0 Å². The number of rotatable bonds is 4. The first kappa shape index (κ1) is 10.2. The molecule has 1 aromatic heterocycles. The Hall–Kier alpha value is -0.900. The molecule has 0 aliphatic heterocycles. The van der Waals surface area contributed by atoms with Crippen molar-refractivity contribution in [3.8, 4) is 0 Å². The number of hydrogen-bond acceptors (Lipinski definition) is 3. The zero-order valence-corrected chi connectivity index (χ0v) is 8.05. The topological polar surface area (TPSA) is 37.8 Å². The van der Waals surface area contributed by atoms with E-state index >= 15 is 0 Å². The van der Waals surface area contributed by atoms with E-state index in [1.807, 2.05) is 0 Å². The number of nitrogens with one attached hydrogen (secondary N) is 1. The number of hydrogen-bond donors (Lipinski definition) is 1. The lowest BCUT2D eigenvalue weighted by Gasteiger charge is -2.04. The molecule has 1 aromatic rings. The SMILES string of the molecule is CC(F)CCNc1ncc(Cl)cn1. The van der Waals surface area contributed by atoms with Crippen LogP contribution in [-0.4, -0.2) is 22.7 Å². The standard InChI is InChI=1S/C8H11ClFN3/c1-6(10)2-3-11-8-12-4-7(9)5-13-8/h4-6H,2-3H2,1H3,(H,11,12,13). The van der Waals surface area contributed by atoms with Gasteiger partial charge >= 0.3 is 0 Å². The highest BCUT2D eigenvalue weighted by Crippen LogP contribution is 2.05. The van der Waals surface area contributed by atoms with Gasteiger partial charge in [0.15, 0.2) is 0 Å². The smallest absolute Gasteiger partial charge is 0.222 e. The fourth-order valence-electron chi connectivity index (χ4n) is 0.786. The first-order chi connectivity index (χ1) is 6.18. The summed E-state index contributed by atoms with van der Waals surface area (Å²) in [5.74, 6) is 0.477. The molecule has 0 saturated heterocycles. The van der Waals surface area contributed by atoms with E-state index in [1.54, 1.807) is 0 Å². The van der Waals surface area contributed by atoms with Crippen LogP contribution in [0.2, 0.25) is 5.02 Å². The van der Waals surface area contributed by atoms with Crippen LogP contribution in [-0.2, 0) is 0 Å². The molecular weight excluding hydrogens is 193 g/mol. The quantitative estimate of drug-likeness (QED) is 0.816. The minimum Gasteiger partial charge on any atom is -0.354 e. The summed E-state index contributed by atoms with van der Waals surface area (Å²) in [6, 6.07) is 0. The summed E-state index contributed by atoms with van der Waals surface area (Å²) in [6.07, 6.45) is 2.64. The van der Waals surface area contributed by atoms with Crippen molar-refractivity contribution in [2.24, 2.45) is 0 Å². The molecule has 0 aromatic carbocycles. The first-order valence-corrected chi connectivity index (χ1v) is 4.42. The highest BCUT2D eigenvalue weighted by Gasteiger charge is 1.98. The molecule has 13 heavy (non-hydrogen) atoms. The monoisotopic (exact) mass is 203 g/mol. The van der Waals surface area contributed by atoms with Crippen molar-refractivity contribution in [1.29, 1.82) is 0 Å². The highest BCUT2D eigenvalue weighted by atomic mass is 35.5. The summed E-state index contributed by atoms with van der Waals surface area (Å²) in [5.41, 5.74) is 0. The molecule has 1 heterocycles. The summed E-state index contributed by atoms with van der Waals surface area (Å²) >= 11 is 5.58. The van der Waals surface area contributed by atoms with E-state index in [0.29, 0.717) is 23.9 Å². The second kappa shape index (κ2) is 4.97. The molecule has 0 fully saturated rings. The number of alkyl halides is 1. The van der Waals surface area contributed by atoms with Crippen LogP contribution in [0.5, 0.6) is 0 Å². The van der Waals surface area contributed by atoms with Gasteiger partial charge in [-0.3, -0.25) is 0 Å². The van der Waals surface area contributed by atoms with Crippen molar-refractivity contribution in [3.63, 3.8) is 0 Å². The van der Waals surface area contributed by atoms with Crippen LogP contribution >= 0.6 is 11.6 Å². The van der Waals surface area contributed by atoms with Crippen molar-refractivity contribution in [2.75, 3.05) is 11.9 Å². The van der Waals surface area contributed by atoms with E-state index in [4.69, 9.17) is 11.6 Å². The van der Waals surface area contributed by atoms with Gasteiger partial charge in [-0.1, -0.05) is 11.6 Å². The molecule has 1 rings (SSSR count). The number of aromatic nitrogens is 2. The van der Waals surface area contributed by atoms with Crippen LogP contribution in [0.3, 0.4) is 0 Å². The average molecular weight is 204 g/mol. The summed E-state index contributed by atoms with van der Waals surface area (Å²) in [7, 11) is 0. The van der Waals surface area contributed by atoms with Gasteiger partial charge in [0.05, 0.1) is 23.6 Å². The van der Waals surface area contributed by atoms with E-state index in [0.717, 1.165) is 0 Å². The Morgan fingerprint density at radius 3 is 2.69 bits per heavy atom. The van der Waals surface area contributed by atoms with Crippen molar-refractivity contribution in [1.82, 2.24) is 9.97 Å². The molecule has 0 radical (unpaired) electrons. The normalized spacial score (nSPS) is 12.5. The predicted octanol–water partition coefficient (Wildman–Crippen LogP) is 2.29. The minimum absolute atomic E-state index is 0.450. The van der Waals surface area contributed by atoms with Crippen molar-refractivity contribution in [2.45, 2.75) is 19.5 Å². The van der Waals surface area contributed by atoms with E-state index in [-0.39, 0.29) is 0 Å². The zero-order chi connectivity index (χ0) is 9.68. The largest absolute Gasteiger partial charge is 0.354 e. The van der Waals surface area contributed by atoms with E-state index < -0.39 is 6.17 Å². The molecule has 1 atom stereocenters. The third-order valence-electron chi connectivity index (χ3n) is 1.45. The second-order valence-electron chi connectivity index (χ2n) is 2.72. The zero-order valence-electron chi connectivity index (χ0n) is 7.30. The number of anilines is 1. The van der Waals surface area contributed by atoms with Crippen LogP contribution in [0.1, 0.15) is 13.3 Å². The predicted molar refractivity (Wildman–Crippen MR) is 50.7 cm³/mol. The summed E-state index contributed by atoms with van der Waals surface area (Å²) in [5, 5.41) is 3.37. The fraction of sp³-hybridized carbons (Fsp3) is 0.500. The van der Waals surface area contributed by atoms with E-state index in [1.165, 1.54) is 19.3 Å². The van der Waals surface area contributed by atoms with Crippen molar-refractivity contribution < 1.29 is 4.39 Å². The number of halogens is 2. The van der Waals surface area contributed by atoms with E-state index in [2.05, 4.69) is 15.3 Å². The van der Waals surface area contributed by atoms with E-state index in [9.17, 15) is 4.39 Å². The Labute approximate surface area is 81.3 Å². The van der Waals surface area contributed by atoms with Crippen molar-refractivity contribution in [3.05, 3.63) is 17.4 Å². The maximum absolute atomic E-state index is 12.4. The Bertz CT molecular complexity index is 250. The summed E-state index contributed by atoms with van der Waals surface area (Å²) in [4.78, 5) is 7.80. The third-order valence-corrected chi connectivity index (χ3v) is 1.64.